The number of rotatable bonds is 4. The molecule has 0 aromatic carbocycles. The lowest BCUT2D eigenvalue weighted by Crippen LogP contribution is -2.16. The van der Waals surface area contributed by atoms with Gasteiger partial charge in [0.15, 0.2) is 11.5 Å². The number of nitrogens with zero attached hydrogens (tertiary/aromatic N) is 2. The van der Waals surface area contributed by atoms with Crippen molar-refractivity contribution in [2.24, 2.45) is 0 Å². The maximum absolute atomic E-state index is 11.4. The minimum atomic E-state index is -0.958. The summed E-state index contributed by atoms with van der Waals surface area (Å²) in [6.45, 7) is 0.773. The number of carbonyl (C=O) groups is 1. The van der Waals surface area contributed by atoms with Gasteiger partial charge in [0.25, 0.3) is 0 Å². The van der Waals surface area contributed by atoms with Crippen LogP contribution >= 0.6 is 11.8 Å². The fourth-order valence-electron chi connectivity index (χ4n) is 2.34. The molecule has 1 unspecified atom stereocenters. The van der Waals surface area contributed by atoms with Gasteiger partial charge < -0.3 is 10.4 Å². The molecule has 0 bridgehead atoms. The van der Waals surface area contributed by atoms with Crippen LogP contribution in [0.1, 0.15) is 23.3 Å². The van der Waals surface area contributed by atoms with Gasteiger partial charge in [0.1, 0.15) is 5.65 Å². The van der Waals surface area contributed by atoms with E-state index in [4.69, 9.17) is 0 Å². The van der Waals surface area contributed by atoms with Gasteiger partial charge in [-0.05, 0) is 30.7 Å². The van der Waals surface area contributed by atoms with E-state index in [9.17, 15) is 9.90 Å². The fourth-order valence-corrected chi connectivity index (χ4v) is 3.54. The summed E-state index contributed by atoms with van der Waals surface area (Å²) < 4.78 is 1.60. The van der Waals surface area contributed by atoms with Gasteiger partial charge >= 0.3 is 5.97 Å². The smallest absolute Gasteiger partial charge is 0.356 e. The molecule has 2 N–H and O–H groups in total. The molecular formula is C13H15N3O2S. The molecule has 1 atom stereocenters. The second kappa shape index (κ2) is 5.13. The molecule has 2 aromatic heterocycles. The van der Waals surface area contributed by atoms with Gasteiger partial charge in [-0.2, -0.15) is 11.8 Å². The molecule has 1 aliphatic rings. The van der Waals surface area contributed by atoms with Crippen molar-refractivity contribution in [1.82, 2.24) is 9.38 Å². The highest BCUT2D eigenvalue weighted by molar-refractivity contribution is 8.00. The van der Waals surface area contributed by atoms with Crippen molar-refractivity contribution in [2.75, 3.05) is 17.6 Å². The van der Waals surface area contributed by atoms with Crippen LogP contribution in [0, 0.1) is 0 Å². The predicted octanol–water partition coefficient (Wildman–Crippen LogP) is 2.34. The standard InChI is InChI=1S/C13H15N3O2S/c17-13(18)11-12(14-8-9-4-3-7-19-9)15-10-5-1-2-6-16(10)11/h1-2,5-6,9,14H,3-4,7-8H2,(H,17,18). The number of imidazole rings is 1. The lowest BCUT2D eigenvalue weighted by atomic mass is 10.2. The molecule has 0 saturated carbocycles. The van der Waals surface area contributed by atoms with Crippen molar-refractivity contribution in [1.29, 1.82) is 0 Å². The van der Waals surface area contributed by atoms with Crippen LogP contribution in [0.4, 0.5) is 5.82 Å². The van der Waals surface area contributed by atoms with Crippen LogP contribution in [0.5, 0.6) is 0 Å². The molecule has 0 aliphatic carbocycles. The summed E-state index contributed by atoms with van der Waals surface area (Å²) in [6, 6.07) is 5.46. The number of hydrogen-bond acceptors (Lipinski definition) is 4. The minimum absolute atomic E-state index is 0.207. The van der Waals surface area contributed by atoms with Crippen LogP contribution in [0.2, 0.25) is 0 Å². The van der Waals surface area contributed by atoms with Crippen LogP contribution in [-0.4, -0.2) is 38.0 Å². The van der Waals surface area contributed by atoms with Gasteiger partial charge in [0.05, 0.1) is 0 Å². The van der Waals surface area contributed by atoms with Gasteiger partial charge in [0, 0.05) is 18.0 Å². The van der Waals surface area contributed by atoms with Crippen molar-refractivity contribution in [3.8, 4) is 0 Å². The van der Waals surface area contributed by atoms with E-state index in [1.165, 1.54) is 18.6 Å². The molecule has 0 radical (unpaired) electrons. The Bertz CT molecular complexity index is 605. The zero-order chi connectivity index (χ0) is 13.2. The number of fused-ring (bicyclic) bond motifs is 1. The molecule has 6 heteroatoms. The molecule has 1 aliphatic heterocycles. The summed E-state index contributed by atoms with van der Waals surface area (Å²) in [6.07, 6.45) is 4.16. The molecule has 5 nitrogen and oxygen atoms in total. The Kier molecular flexibility index (Phi) is 3.33. The molecular weight excluding hydrogens is 262 g/mol. The lowest BCUT2D eigenvalue weighted by molar-refractivity contribution is 0.0690. The van der Waals surface area contributed by atoms with Crippen molar-refractivity contribution in [3.05, 3.63) is 30.1 Å². The van der Waals surface area contributed by atoms with Crippen LogP contribution in [0.25, 0.3) is 5.65 Å². The van der Waals surface area contributed by atoms with Crippen molar-refractivity contribution in [2.45, 2.75) is 18.1 Å². The number of carboxylic acids is 1. The Balaban J connectivity index is 1.88. The predicted molar refractivity (Wildman–Crippen MR) is 76.1 cm³/mol. The SMILES string of the molecule is O=C(O)c1c(NCC2CCCS2)nc2ccccn12. The van der Waals surface area contributed by atoms with Gasteiger partial charge in [0.2, 0.25) is 0 Å². The van der Waals surface area contributed by atoms with E-state index in [0.29, 0.717) is 16.7 Å². The molecule has 100 valence electrons. The summed E-state index contributed by atoms with van der Waals surface area (Å²) in [5, 5.41) is 13.1. The first kappa shape index (κ1) is 12.3. The van der Waals surface area contributed by atoms with Crippen LogP contribution in [-0.2, 0) is 0 Å². The number of nitrogens with one attached hydrogen (secondary N) is 1. The molecule has 0 amide bonds. The Labute approximate surface area is 115 Å². The zero-order valence-electron chi connectivity index (χ0n) is 10.4. The van der Waals surface area contributed by atoms with Gasteiger partial charge in [-0.1, -0.05) is 6.07 Å². The Hall–Kier alpha value is -1.69. The molecule has 0 spiro atoms. The first-order valence-electron chi connectivity index (χ1n) is 6.31. The molecule has 19 heavy (non-hydrogen) atoms. The van der Waals surface area contributed by atoms with Gasteiger partial charge in [-0.15, -0.1) is 0 Å². The van der Waals surface area contributed by atoms with Gasteiger partial charge in [-0.25, -0.2) is 9.78 Å². The Morgan fingerprint density at radius 1 is 1.58 bits per heavy atom. The summed E-state index contributed by atoms with van der Waals surface area (Å²) >= 11 is 1.94. The average Bonchev–Trinajstić information content (AvgIpc) is 3.03. The van der Waals surface area contributed by atoms with Crippen LogP contribution in [0.15, 0.2) is 24.4 Å². The first-order valence-corrected chi connectivity index (χ1v) is 7.36. The molecule has 3 heterocycles. The van der Waals surface area contributed by atoms with E-state index in [2.05, 4.69) is 10.3 Å². The number of carboxylic acid groups (broad SMARTS) is 1. The normalized spacial score (nSPS) is 18.8. The van der Waals surface area contributed by atoms with Crippen molar-refractivity contribution < 1.29 is 9.90 Å². The van der Waals surface area contributed by atoms with E-state index in [-0.39, 0.29) is 5.69 Å². The van der Waals surface area contributed by atoms with Crippen molar-refractivity contribution in [3.63, 3.8) is 0 Å². The second-order valence-electron chi connectivity index (χ2n) is 4.56. The highest BCUT2D eigenvalue weighted by Gasteiger charge is 2.20. The van der Waals surface area contributed by atoms with E-state index >= 15 is 0 Å². The third-order valence-corrected chi connectivity index (χ3v) is 4.65. The van der Waals surface area contributed by atoms with Crippen LogP contribution in [0.3, 0.4) is 0 Å². The number of anilines is 1. The maximum atomic E-state index is 11.4. The largest absolute Gasteiger partial charge is 0.476 e. The Morgan fingerprint density at radius 2 is 2.47 bits per heavy atom. The topological polar surface area (TPSA) is 66.6 Å². The fraction of sp³-hybridized carbons (Fsp3) is 0.385. The molecule has 1 saturated heterocycles. The number of aromatic nitrogens is 2. The maximum Gasteiger partial charge on any atom is 0.356 e. The van der Waals surface area contributed by atoms with E-state index < -0.39 is 5.97 Å². The van der Waals surface area contributed by atoms with E-state index in [1.54, 1.807) is 16.7 Å². The van der Waals surface area contributed by atoms with Gasteiger partial charge in [-0.3, -0.25) is 4.40 Å². The first-order chi connectivity index (χ1) is 9.25. The molecule has 1 fully saturated rings. The molecule has 2 aromatic rings. The Morgan fingerprint density at radius 3 is 3.21 bits per heavy atom. The monoisotopic (exact) mass is 277 g/mol. The van der Waals surface area contributed by atoms with E-state index in [0.717, 1.165) is 6.54 Å². The summed E-state index contributed by atoms with van der Waals surface area (Å²) in [5.41, 5.74) is 0.861. The number of aromatic carboxylic acids is 1. The lowest BCUT2D eigenvalue weighted by Gasteiger charge is -2.09. The highest BCUT2D eigenvalue weighted by Crippen LogP contribution is 2.27. The van der Waals surface area contributed by atoms with Crippen molar-refractivity contribution >= 4 is 29.2 Å². The summed E-state index contributed by atoms with van der Waals surface area (Å²) in [4.78, 5) is 15.7. The second-order valence-corrected chi connectivity index (χ2v) is 5.97. The zero-order valence-corrected chi connectivity index (χ0v) is 11.2. The number of thioether (sulfide) groups is 1. The third kappa shape index (κ3) is 2.40. The van der Waals surface area contributed by atoms with Crippen LogP contribution < -0.4 is 5.32 Å². The quantitative estimate of drug-likeness (QED) is 0.898. The highest BCUT2D eigenvalue weighted by atomic mass is 32.2. The minimum Gasteiger partial charge on any atom is -0.476 e. The number of hydrogen-bond donors (Lipinski definition) is 2. The average molecular weight is 277 g/mol. The van der Waals surface area contributed by atoms with E-state index in [1.807, 2.05) is 23.9 Å². The number of pyridine rings is 1. The summed E-state index contributed by atoms with van der Waals surface area (Å²) in [7, 11) is 0. The molecule has 3 rings (SSSR count). The summed E-state index contributed by atoms with van der Waals surface area (Å²) in [5.74, 6) is 0.704. The third-order valence-electron chi connectivity index (χ3n) is 3.25.